The highest BCUT2D eigenvalue weighted by Crippen LogP contribution is 2.30. The number of nitrogens with one attached hydrogen (secondary N) is 1. The molecule has 10 nitrogen and oxygen atoms in total. The standard InChI is InChI=1S/C17H23FN4O6S/c1-11(29(25,26)27)19-6-13-7-22(17(9-23)28-13)12-3-4-15(14(18)5-12)21-8-16(24)20(2)10-21/h3-5,9,11,13,17,19H,6-8,10H2,1-2H3,(H,25,26,27)/t11?,13-,17?/m0/s1. The van der Waals surface area contributed by atoms with Crippen LogP contribution in [0.15, 0.2) is 18.2 Å². The van der Waals surface area contributed by atoms with Crippen LogP contribution in [0.25, 0.3) is 0 Å². The van der Waals surface area contributed by atoms with Crippen molar-refractivity contribution in [3.63, 3.8) is 0 Å². The number of carbonyl (C=O) groups is 2. The zero-order chi connectivity index (χ0) is 21.3. The van der Waals surface area contributed by atoms with Crippen molar-refractivity contribution in [3.8, 4) is 0 Å². The largest absolute Gasteiger partial charge is 0.345 e. The van der Waals surface area contributed by atoms with Gasteiger partial charge in [-0.05, 0) is 25.1 Å². The molecule has 2 saturated heterocycles. The number of likely N-dealkylation sites (N-methyl/N-ethyl adjacent to an activating group) is 1. The first-order valence-corrected chi connectivity index (χ1v) is 10.5. The maximum absolute atomic E-state index is 14.7. The smallest absolute Gasteiger partial charge is 0.280 e. The predicted octanol–water partition coefficient (Wildman–Crippen LogP) is -0.385. The van der Waals surface area contributed by atoms with E-state index in [4.69, 9.17) is 9.29 Å². The Kier molecular flexibility index (Phi) is 6.08. The van der Waals surface area contributed by atoms with Crippen LogP contribution in [0, 0.1) is 5.82 Å². The van der Waals surface area contributed by atoms with Gasteiger partial charge in [0.05, 0.1) is 25.0 Å². The van der Waals surface area contributed by atoms with Crippen LogP contribution in [-0.4, -0.2) is 81.1 Å². The van der Waals surface area contributed by atoms with Gasteiger partial charge in [-0.25, -0.2) is 4.39 Å². The van der Waals surface area contributed by atoms with Crippen molar-refractivity contribution in [1.29, 1.82) is 0 Å². The number of anilines is 2. The monoisotopic (exact) mass is 430 g/mol. The van der Waals surface area contributed by atoms with E-state index in [2.05, 4.69) is 5.32 Å². The van der Waals surface area contributed by atoms with Crippen LogP contribution < -0.4 is 15.1 Å². The van der Waals surface area contributed by atoms with Crippen LogP contribution in [-0.2, 0) is 24.4 Å². The molecule has 1 amide bonds. The molecule has 0 bridgehead atoms. The Balaban J connectivity index is 1.70. The Labute approximate surface area is 167 Å². The second kappa shape index (κ2) is 8.22. The van der Waals surface area contributed by atoms with Crippen molar-refractivity contribution in [2.75, 3.05) is 43.2 Å². The van der Waals surface area contributed by atoms with E-state index in [0.717, 1.165) is 0 Å². The Bertz CT molecular complexity index is 898. The molecule has 3 rings (SSSR count). The first-order chi connectivity index (χ1) is 13.6. The second-order valence-electron chi connectivity index (χ2n) is 7.07. The summed E-state index contributed by atoms with van der Waals surface area (Å²) in [4.78, 5) is 27.7. The van der Waals surface area contributed by atoms with Gasteiger partial charge in [0.1, 0.15) is 11.2 Å². The van der Waals surface area contributed by atoms with E-state index in [9.17, 15) is 22.4 Å². The number of carbonyl (C=O) groups excluding carboxylic acids is 2. The lowest BCUT2D eigenvalue weighted by Gasteiger charge is -2.23. The normalized spacial score (nSPS) is 23.7. The maximum atomic E-state index is 14.7. The van der Waals surface area contributed by atoms with E-state index >= 15 is 0 Å². The molecule has 2 unspecified atom stereocenters. The van der Waals surface area contributed by atoms with Crippen molar-refractivity contribution in [3.05, 3.63) is 24.0 Å². The minimum Gasteiger partial charge on any atom is -0.345 e. The van der Waals surface area contributed by atoms with E-state index in [1.54, 1.807) is 29.0 Å². The van der Waals surface area contributed by atoms with E-state index in [1.165, 1.54) is 17.9 Å². The summed E-state index contributed by atoms with van der Waals surface area (Å²) >= 11 is 0. The first-order valence-electron chi connectivity index (χ1n) is 8.95. The topological polar surface area (TPSA) is 119 Å². The van der Waals surface area contributed by atoms with E-state index < -0.39 is 33.6 Å². The van der Waals surface area contributed by atoms with Gasteiger partial charge in [0.15, 0.2) is 12.5 Å². The van der Waals surface area contributed by atoms with Crippen molar-refractivity contribution >= 4 is 33.7 Å². The summed E-state index contributed by atoms with van der Waals surface area (Å²) < 4.78 is 51.4. The van der Waals surface area contributed by atoms with Gasteiger partial charge < -0.3 is 19.4 Å². The molecule has 29 heavy (non-hydrogen) atoms. The molecule has 1 aromatic carbocycles. The van der Waals surface area contributed by atoms with Crippen LogP contribution in [0.4, 0.5) is 15.8 Å². The molecule has 2 fully saturated rings. The summed E-state index contributed by atoms with van der Waals surface area (Å²) in [6.45, 7) is 1.96. The fourth-order valence-corrected chi connectivity index (χ4v) is 3.58. The molecule has 2 aliphatic rings. The molecule has 2 N–H and O–H groups in total. The van der Waals surface area contributed by atoms with Gasteiger partial charge in [-0.3, -0.25) is 19.5 Å². The summed E-state index contributed by atoms with van der Waals surface area (Å²) in [5, 5.41) is 1.44. The van der Waals surface area contributed by atoms with Crippen LogP contribution in [0.5, 0.6) is 0 Å². The average molecular weight is 430 g/mol. The lowest BCUT2D eigenvalue weighted by atomic mass is 10.2. The van der Waals surface area contributed by atoms with E-state index in [0.29, 0.717) is 18.6 Å². The van der Waals surface area contributed by atoms with E-state index in [-0.39, 0.29) is 31.2 Å². The molecule has 0 aromatic heterocycles. The summed E-state index contributed by atoms with van der Waals surface area (Å²) in [6, 6.07) is 4.46. The van der Waals surface area contributed by atoms with Gasteiger partial charge >= 0.3 is 0 Å². The molecule has 3 atom stereocenters. The Morgan fingerprint density at radius 3 is 2.72 bits per heavy atom. The average Bonchev–Trinajstić information content (AvgIpc) is 3.22. The molecule has 0 spiro atoms. The molecule has 0 radical (unpaired) electrons. The van der Waals surface area contributed by atoms with Crippen LogP contribution >= 0.6 is 0 Å². The molecule has 2 heterocycles. The molecule has 12 heteroatoms. The zero-order valence-electron chi connectivity index (χ0n) is 16.0. The van der Waals surface area contributed by atoms with Gasteiger partial charge in [-0.15, -0.1) is 0 Å². The summed E-state index contributed by atoms with van der Waals surface area (Å²) in [6.07, 6.45) is -0.916. The van der Waals surface area contributed by atoms with Crippen LogP contribution in [0.1, 0.15) is 6.92 Å². The highest BCUT2D eigenvalue weighted by molar-refractivity contribution is 7.86. The molecule has 0 saturated carbocycles. The number of benzene rings is 1. The lowest BCUT2D eigenvalue weighted by Crippen LogP contribution is -2.39. The molecular weight excluding hydrogens is 407 g/mol. The van der Waals surface area contributed by atoms with Crippen LogP contribution in [0.3, 0.4) is 0 Å². The highest BCUT2D eigenvalue weighted by atomic mass is 32.2. The molecule has 0 aliphatic carbocycles. The number of aldehydes is 1. The number of halogens is 1. The zero-order valence-corrected chi connectivity index (χ0v) is 16.8. The van der Waals surface area contributed by atoms with Gasteiger partial charge in [0, 0.05) is 25.8 Å². The third-order valence-electron chi connectivity index (χ3n) is 4.97. The van der Waals surface area contributed by atoms with Gasteiger partial charge in [0.25, 0.3) is 10.1 Å². The molecule has 1 aromatic rings. The fourth-order valence-electron chi connectivity index (χ4n) is 3.27. The number of amides is 1. The fraction of sp³-hybridized carbons (Fsp3) is 0.529. The molecule has 2 aliphatic heterocycles. The van der Waals surface area contributed by atoms with Crippen molar-refractivity contribution in [2.24, 2.45) is 0 Å². The third kappa shape index (κ3) is 4.66. The highest BCUT2D eigenvalue weighted by Gasteiger charge is 2.34. The maximum Gasteiger partial charge on any atom is 0.280 e. The first kappa shape index (κ1) is 21.4. The van der Waals surface area contributed by atoms with E-state index in [1.807, 2.05) is 0 Å². The lowest BCUT2D eigenvalue weighted by molar-refractivity contribution is -0.125. The Morgan fingerprint density at radius 2 is 2.17 bits per heavy atom. The SMILES string of the molecule is CC(NC[C@H]1CN(c2ccc(N3CC(=O)N(C)C3)c(F)c2)C(C=O)O1)S(=O)(=O)O. The predicted molar refractivity (Wildman–Crippen MR) is 102 cm³/mol. The summed E-state index contributed by atoms with van der Waals surface area (Å²) in [5.41, 5.74) is 0.710. The number of nitrogens with zero attached hydrogens (tertiary/aromatic N) is 3. The second-order valence-corrected chi connectivity index (χ2v) is 8.81. The number of rotatable bonds is 7. The van der Waals surface area contributed by atoms with Crippen molar-refractivity contribution in [2.45, 2.75) is 24.6 Å². The van der Waals surface area contributed by atoms with Gasteiger partial charge in [-0.1, -0.05) is 0 Å². The van der Waals surface area contributed by atoms with Crippen LogP contribution in [0.2, 0.25) is 0 Å². The number of ether oxygens (including phenoxy) is 1. The molecule has 160 valence electrons. The van der Waals surface area contributed by atoms with Crippen molar-refractivity contribution < 1.29 is 31.7 Å². The number of hydrogen-bond acceptors (Lipinski definition) is 8. The summed E-state index contributed by atoms with van der Waals surface area (Å²) in [7, 11) is -2.60. The third-order valence-corrected chi connectivity index (χ3v) is 6.03. The quantitative estimate of drug-likeness (QED) is 0.440. The Hall–Kier alpha value is -2.28. The minimum atomic E-state index is -4.24. The molecular formula is C17H23FN4O6S. The Morgan fingerprint density at radius 1 is 1.45 bits per heavy atom. The minimum absolute atomic E-state index is 0.0740. The summed E-state index contributed by atoms with van der Waals surface area (Å²) in [5.74, 6) is -0.631. The van der Waals surface area contributed by atoms with Crippen molar-refractivity contribution in [1.82, 2.24) is 10.2 Å². The van der Waals surface area contributed by atoms with Gasteiger partial charge in [-0.2, -0.15) is 8.42 Å². The van der Waals surface area contributed by atoms with Gasteiger partial charge in [0.2, 0.25) is 5.91 Å². The number of hydrogen-bond donors (Lipinski definition) is 2.